The molecule has 1 saturated carbocycles. The quantitative estimate of drug-likeness (QED) is 0.874. The summed E-state index contributed by atoms with van der Waals surface area (Å²) in [6.45, 7) is 7.25. The number of hydrogen-bond donors (Lipinski definition) is 2. The molecule has 1 fully saturated rings. The number of thiophene rings is 1. The van der Waals surface area contributed by atoms with Crippen LogP contribution in [0.15, 0.2) is 16.8 Å². The number of ether oxygens (including phenoxy) is 1. The largest absolute Gasteiger partial charge is 0.444 e. The standard InChI is InChI=1S/C16H26N2O2S/c1-16(2,3)20-15(19)18-10-13-5-4-6-14(13)17-9-12-7-8-21-11-12/h7-8,11,13-14,17H,4-6,9-10H2,1-3H3,(H,18,19). The van der Waals surface area contributed by atoms with Crippen LogP contribution in [0.4, 0.5) is 4.79 Å². The zero-order valence-electron chi connectivity index (χ0n) is 13.1. The Labute approximate surface area is 131 Å². The van der Waals surface area contributed by atoms with E-state index in [-0.39, 0.29) is 6.09 Å². The van der Waals surface area contributed by atoms with E-state index in [9.17, 15) is 4.79 Å². The Balaban J connectivity index is 1.73. The lowest BCUT2D eigenvalue weighted by Crippen LogP contribution is -2.40. The first kappa shape index (κ1) is 16.3. The average Bonchev–Trinajstić information content (AvgIpc) is 3.03. The second kappa shape index (κ2) is 7.27. The summed E-state index contributed by atoms with van der Waals surface area (Å²) in [5.41, 5.74) is 0.904. The fraction of sp³-hybridized carbons (Fsp3) is 0.688. The van der Waals surface area contributed by atoms with Gasteiger partial charge >= 0.3 is 6.09 Å². The molecule has 1 aromatic heterocycles. The molecule has 4 nitrogen and oxygen atoms in total. The average molecular weight is 310 g/mol. The third-order valence-corrected chi connectivity index (χ3v) is 4.45. The summed E-state index contributed by atoms with van der Waals surface area (Å²) in [7, 11) is 0. The molecule has 1 amide bonds. The summed E-state index contributed by atoms with van der Waals surface area (Å²) in [5, 5.41) is 10.8. The van der Waals surface area contributed by atoms with Crippen molar-refractivity contribution < 1.29 is 9.53 Å². The first-order valence-electron chi connectivity index (χ1n) is 7.65. The highest BCUT2D eigenvalue weighted by Gasteiger charge is 2.27. The van der Waals surface area contributed by atoms with Crippen LogP contribution < -0.4 is 10.6 Å². The van der Waals surface area contributed by atoms with Crippen molar-refractivity contribution in [2.75, 3.05) is 6.54 Å². The molecule has 1 aliphatic carbocycles. The van der Waals surface area contributed by atoms with Gasteiger partial charge in [0.2, 0.25) is 0 Å². The molecule has 21 heavy (non-hydrogen) atoms. The third kappa shape index (κ3) is 5.67. The minimum absolute atomic E-state index is 0.314. The Kier molecular flexibility index (Phi) is 5.65. The van der Waals surface area contributed by atoms with Crippen molar-refractivity contribution in [3.05, 3.63) is 22.4 Å². The summed E-state index contributed by atoms with van der Waals surface area (Å²) < 4.78 is 5.28. The maximum Gasteiger partial charge on any atom is 0.407 e. The van der Waals surface area contributed by atoms with Crippen LogP contribution >= 0.6 is 11.3 Å². The van der Waals surface area contributed by atoms with Crippen LogP contribution in [0.3, 0.4) is 0 Å². The fourth-order valence-electron chi connectivity index (χ4n) is 2.72. The van der Waals surface area contributed by atoms with Crippen molar-refractivity contribution in [2.24, 2.45) is 5.92 Å². The zero-order chi connectivity index (χ0) is 15.3. The van der Waals surface area contributed by atoms with Gasteiger partial charge in [-0.05, 0) is 61.9 Å². The molecule has 2 rings (SSSR count). The van der Waals surface area contributed by atoms with Crippen LogP contribution in [-0.2, 0) is 11.3 Å². The van der Waals surface area contributed by atoms with Gasteiger partial charge in [0.25, 0.3) is 0 Å². The van der Waals surface area contributed by atoms with Crippen molar-refractivity contribution >= 4 is 17.4 Å². The van der Waals surface area contributed by atoms with Crippen molar-refractivity contribution in [3.63, 3.8) is 0 Å². The van der Waals surface area contributed by atoms with Crippen LogP contribution in [0.25, 0.3) is 0 Å². The lowest BCUT2D eigenvalue weighted by Gasteiger charge is -2.23. The molecule has 2 N–H and O–H groups in total. The van der Waals surface area contributed by atoms with Crippen LogP contribution in [0.2, 0.25) is 0 Å². The molecule has 0 spiro atoms. The highest BCUT2D eigenvalue weighted by molar-refractivity contribution is 7.07. The maximum absolute atomic E-state index is 11.7. The van der Waals surface area contributed by atoms with Gasteiger partial charge in [-0.3, -0.25) is 0 Å². The van der Waals surface area contributed by atoms with Crippen molar-refractivity contribution in [2.45, 2.75) is 58.2 Å². The minimum Gasteiger partial charge on any atom is -0.444 e. The van der Waals surface area contributed by atoms with E-state index in [0.717, 1.165) is 13.0 Å². The lowest BCUT2D eigenvalue weighted by atomic mass is 10.0. The Morgan fingerprint density at radius 3 is 2.90 bits per heavy atom. The third-order valence-electron chi connectivity index (χ3n) is 3.72. The van der Waals surface area contributed by atoms with Gasteiger partial charge in [-0.1, -0.05) is 6.42 Å². The molecule has 5 heteroatoms. The van der Waals surface area contributed by atoms with Gasteiger partial charge in [0.15, 0.2) is 0 Å². The molecule has 2 atom stereocenters. The number of rotatable bonds is 5. The van der Waals surface area contributed by atoms with Gasteiger partial charge in [-0.2, -0.15) is 11.3 Å². The van der Waals surface area contributed by atoms with E-state index in [0.29, 0.717) is 18.5 Å². The molecule has 0 radical (unpaired) electrons. The predicted molar refractivity (Wildman–Crippen MR) is 86.5 cm³/mol. The van der Waals surface area contributed by atoms with Crippen molar-refractivity contribution in [1.82, 2.24) is 10.6 Å². The molecule has 1 aromatic rings. The van der Waals surface area contributed by atoms with Crippen LogP contribution in [0.5, 0.6) is 0 Å². The smallest absolute Gasteiger partial charge is 0.407 e. The summed E-state index contributed by atoms with van der Waals surface area (Å²) in [6.07, 6.45) is 3.26. The van der Waals surface area contributed by atoms with Gasteiger partial charge in [0.1, 0.15) is 5.60 Å². The molecule has 0 aromatic carbocycles. The molecule has 2 unspecified atom stereocenters. The van der Waals surface area contributed by atoms with E-state index in [1.807, 2.05) is 20.8 Å². The van der Waals surface area contributed by atoms with Crippen molar-refractivity contribution in [3.8, 4) is 0 Å². The Bertz CT molecular complexity index is 440. The highest BCUT2D eigenvalue weighted by atomic mass is 32.1. The maximum atomic E-state index is 11.7. The second-order valence-corrected chi connectivity index (χ2v) is 7.47. The summed E-state index contributed by atoms with van der Waals surface area (Å²) in [6, 6.07) is 2.64. The SMILES string of the molecule is CC(C)(C)OC(=O)NCC1CCCC1NCc1ccsc1. The zero-order valence-corrected chi connectivity index (χ0v) is 14.0. The lowest BCUT2D eigenvalue weighted by molar-refractivity contribution is 0.0517. The molecule has 0 saturated heterocycles. The Hall–Kier alpha value is -1.07. The predicted octanol–water partition coefficient (Wildman–Crippen LogP) is 3.53. The van der Waals surface area contributed by atoms with E-state index < -0.39 is 5.60 Å². The first-order chi connectivity index (χ1) is 9.94. The number of amides is 1. The van der Waals surface area contributed by atoms with Crippen molar-refractivity contribution in [1.29, 1.82) is 0 Å². The first-order valence-corrected chi connectivity index (χ1v) is 8.59. The van der Waals surface area contributed by atoms with Crippen LogP contribution in [0, 0.1) is 5.92 Å². The monoisotopic (exact) mass is 310 g/mol. The van der Waals surface area contributed by atoms with E-state index in [1.54, 1.807) is 11.3 Å². The summed E-state index contributed by atoms with van der Waals surface area (Å²) in [5.74, 6) is 0.496. The number of hydrogen-bond acceptors (Lipinski definition) is 4. The molecule has 118 valence electrons. The highest BCUT2D eigenvalue weighted by Crippen LogP contribution is 2.25. The number of carbonyl (C=O) groups excluding carboxylic acids is 1. The molecule has 0 aliphatic heterocycles. The van der Waals surface area contributed by atoms with Crippen LogP contribution in [-0.4, -0.2) is 24.3 Å². The van der Waals surface area contributed by atoms with Crippen LogP contribution in [0.1, 0.15) is 45.6 Å². The Morgan fingerprint density at radius 2 is 2.24 bits per heavy atom. The molecular weight excluding hydrogens is 284 g/mol. The number of alkyl carbamates (subject to hydrolysis) is 1. The number of nitrogens with one attached hydrogen (secondary N) is 2. The minimum atomic E-state index is -0.434. The van der Waals surface area contributed by atoms with Gasteiger partial charge in [0, 0.05) is 19.1 Å². The summed E-state index contributed by atoms with van der Waals surface area (Å²) >= 11 is 1.73. The van der Waals surface area contributed by atoms with Gasteiger partial charge in [0.05, 0.1) is 0 Å². The normalized spacial score (nSPS) is 22.2. The molecule has 1 aliphatic rings. The number of carbonyl (C=O) groups is 1. The second-order valence-electron chi connectivity index (χ2n) is 6.69. The van der Waals surface area contributed by atoms with E-state index in [2.05, 4.69) is 27.5 Å². The van der Waals surface area contributed by atoms with Gasteiger partial charge in [-0.25, -0.2) is 4.79 Å². The topological polar surface area (TPSA) is 50.4 Å². The van der Waals surface area contributed by atoms with E-state index in [4.69, 9.17) is 4.74 Å². The van der Waals surface area contributed by atoms with Gasteiger partial charge in [-0.15, -0.1) is 0 Å². The van der Waals surface area contributed by atoms with E-state index >= 15 is 0 Å². The summed E-state index contributed by atoms with van der Waals surface area (Å²) in [4.78, 5) is 11.7. The Morgan fingerprint density at radius 1 is 1.43 bits per heavy atom. The molecule has 0 bridgehead atoms. The van der Waals surface area contributed by atoms with E-state index in [1.165, 1.54) is 18.4 Å². The molecular formula is C16H26N2O2S. The molecule has 1 heterocycles. The van der Waals surface area contributed by atoms with Gasteiger partial charge < -0.3 is 15.4 Å². The fourth-order valence-corrected chi connectivity index (χ4v) is 3.39.